The minimum Gasteiger partial charge on any atom is -0.468 e. The lowest BCUT2D eigenvalue weighted by molar-refractivity contribution is -0.125. The van der Waals surface area contributed by atoms with Crippen molar-refractivity contribution >= 4 is 0 Å². The Morgan fingerprint density at radius 2 is 1.88 bits per heavy atom. The molecule has 2 saturated carbocycles. The summed E-state index contributed by atoms with van der Waals surface area (Å²) in [4.78, 5) is 0. The van der Waals surface area contributed by atoms with E-state index in [4.69, 9.17) is 18.9 Å². The molecule has 4 unspecified atom stereocenters. The van der Waals surface area contributed by atoms with Crippen molar-refractivity contribution in [2.75, 3.05) is 27.8 Å². The van der Waals surface area contributed by atoms with Crippen molar-refractivity contribution in [3.63, 3.8) is 0 Å². The van der Waals surface area contributed by atoms with E-state index in [9.17, 15) is 0 Å². The molecule has 1 aromatic carbocycles. The van der Waals surface area contributed by atoms with Crippen molar-refractivity contribution in [2.24, 2.45) is 17.3 Å². The first-order valence-corrected chi connectivity index (χ1v) is 10.0. The molecule has 0 aliphatic heterocycles. The van der Waals surface area contributed by atoms with Gasteiger partial charge in [-0.25, -0.2) is 0 Å². The van der Waals surface area contributed by atoms with Gasteiger partial charge in [-0.05, 0) is 85.0 Å². The van der Waals surface area contributed by atoms with Crippen LogP contribution < -0.4 is 4.74 Å². The minimum absolute atomic E-state index is 0.314. The van der Waals surface area contributed by atoms with Crippen LogP contribution in [0.25, 0.3) is 0 Å². The fourth-order valence-corrected chi connectivity index (χ4v) is 6.15. The Labute approximate surface area is 157 Å². The van der Waals surface area contributed by atoms with Gasteiger partial charge in [0.25, 0.3) is 0 Å². The molecule has 26 heavy (non-hydrogen) atoms. The minimum atomic E-state index is 0.314. The number of aryl methyl sites for hydroxylation is 1. The van der Waals surface area contributed by atoms with E-state index in [-0.39, 0.29) is 0 Å². The van der Waals surface area contributed by atoms with E-state index in [0.717, 1.165) is 24.0 Å². The Bertz CT molecular complexity index is 631. The van der Waals surface area contributed by atoms with E-state index in [1.807, 2.05) is 0 Å². The second-order valence-corrected chi connectivity index (χ2v) is 8.51. The molecule has 5 atom stereocenters. The van der Waals surface area contributed by atoms with Gasteiger partial charge in [0, 0.05) is 14.2 Å². The predicted octanol–water partition coefficient (Wildman–Crippen LogP) is 4.51. The molecule has 1 aromatic rings. The number of fused-ring (bicyclic) bond motifs is 5. The summed E-state index contributed by atoms with van der Waals surface area (Å²) < 4.78 is 21.9. The molecular weight excluding hydrogens is 328 g/mol. The van der Waals surface area contributed by atoms with Gasteiger partial charge < -0.3 is 18.9 Å². The Morgan fingerprint density at radius 1 is 1.04 bits per heavy atom. The lowest BCUT2D eigenvalue weighted by Crippen LogP contribution is -2.44. The van der Waals surface area contributed by atoms with Gasteiger partial charge in [0.05, 0.1) is 6.10 Å². The van der Waals surface area contributed by atoms with Crippen molar-refractivity contribution in [3.8, 4) is 5.75 Å². The van der Waals surface area contributed by atoms with Gasteiger partial charge in [0.2, 0.25) is 0 Å². The Morgan fingerprint density at radius 3 is 2.69 bits per heavy atom. The summed E-state index contributed by atoms with van der Waals surface area (Å²) in [6.45, 7) is 3.21. The summed E-state index contributed by atoms with van der Waals surface area (Å²) >= 11 is 0. The Kier molecular flexibility index (Phi) is 5.27. The van der Waals surface area contributed by atoms with Crippen molar-refractivity contribution in [1.82, 2.24) is 0 Å². The van der Waals surface area contributed by atoms with Crippen LogP contribution >= 0.6 is 0 Å². The van der Waals surface area contributed by atoms with E-state index in [2.05, 4.69) is 25.1 Å². The van der Waals surface area contributed by atoms with E-state index in [1.54, 1.807) is 19.8 Å². The van der Waals surface area contributed by atoms with Gasteiger partial charge in [-0.15, -0.1) is 0 Å². The van der Waals surface area contributed by atoms with Crippen molar-refractivity contribution in [1.29, 1.82) is 0 Å². The number of rotatable bonds is 6. The topological polar surface area (TPSA) is 36.9 Å². The van der Waals surface area contributed by atoms with Crippen molar-refractivity contribution < 1.29 is 18.9 Å². The highest BCUT2D eigenvalue weighted by atomic mass is 16.7. The number of methoxy groups -OCH3 is 2. The molecule has 4 heteroatoms. The van der Waals surface area contributed by atoms with Crippen LogP contribution in [-0.2, 0) is 20.6 Å². The maximum Gasteiger partial charge on any atom is 0.188 e. The number of hydrogen-bond donors (Lipinski definition) is 0. The average molecular weight is 360 g/mol. The molecule has 0 bridgehead atoms. The molecule has 144 valence electrons. The SMILES string of the molecule is COCOc1ccc2c(c1)CCC1C2CC[C@]2(C)C(OCOC)CCC12. The summed E-state index contributed by atoms with van der Waals surface area (Å²) in [5, 5.41) is 0. The van der Waals surface area contributed by atoms with Gasteiger partial charge in [-0.1, -0.05) is 13.0 Å². The molecule has 0 amide bonds. The van der Waals surface area contributed by atoms with Crippen molar-refractivity contribution in [2.45, 2.75) is 57.5 Å². The summed E-state index contributed by atoms with van der Waals surface area (Å²) in [5.41, 5.74) is 3.36. The highest BCUT2D eigenvalue weighted by Gasteiger charge is 2.55. The summed E-state index contributed by atoms with van der Waals surface area (Å²) in [7, 11) is 3.38. The third-order valence-electron chi connectivity index (χ3n) is 7.34. The second-order valence-electron chi connectivity index (χ2n) is 8.51. The fourth-order valence-electron chi connectivity index (χ4n) is 6.15. The quantitative estimate of drug-likeness (QED) is 0.699. The van der Waals surface area contributed by atoms with E-state index in [0.29, 0.717) is 31.0 Å². The first-order chi connectivity index (χ1) is 12.7. The molecule has 0 N–H and O–H groups in total. The van der Waals surface area contributed by atoms with Crippen LogP contribution in [0.15, 0.2) is 18.2 Å². The van der Waals surface area contributed by atoms with Crippen LogP contribution in [0.5, 0.6) is 5.75 Å². The molecule has 0 aromatic heterocycles. The number of hydrogen-bond acceptors (Lipinski definition) is 4. The smallest absolute Gasteiger partial charge is 0.188 e. The van der Waals surface area contributed by atoms with Gasteiger partial charge in [-0.3, -0.25) is 0 Å². The molecule has 4 rings (SSSR count). The van der Waals surface area contributed by atoms with Gasteiger partial charge >= 0.3 is 0 Å². The highest BCUT2D eigenvalue weighted by Crippen LogP contribution is 2.61. The van der Waals surface area contributed by atoms with Crippen LogP contribution in [0.3, 0.4) is 0 Å². The Hall–Kier alpha value is -1.10. The van der Waals surface area contributed by atoms with Gasteiger partial charge in [0.1, 0.15) is 12.5 Å². The van der Waals surface area contributed by atoms with Crippen LogP contribution in [0, 0.1) is 17.3 Å². The number of ether oxygens (including phenoxy) is 4. The predicted molar refractivity (Wildman–Crippen MR) is 100 cm³/mol. The molecule has 3 aliphatic rings. The maximum atomic E-state index is 6.08. The van der Waals surface area contributed by atoms with Crippen LogP contribution in [-0.4, -0.2) is 33.9 Å². The monoisotopic (exact) mass is 360 g/mol. The van der Waals surface area contributed by atoms with Crippen molar-refractivity contribution in [3.05, 3.63) is 29.3 Å². The molecule has 4 nitrogen and oxygen atoms in total. The molecule has 0 radical (unpaired) electrons. The average Bonchev–Trinajstić information content (AvgIpc) is 3.00. The normalized spacial score (nSPS) is 35.5. The summed E-state index contributed by atoms with van der Waals surface area (Å²) in [6, 6.07) is 6.67. The first kappa shape index (κ1) is 18.3. The molecule has 0 saturated heterocycles. The zero-order chi connectivity index (χ0) is 18.1. The zero-order valence-electron chi connectivity index (χ0n) is 16.3. The lowest BCUT2D eigenvalue weighted by atomic mass is 9.55. The molecule has 0 spiro atoms. The molecule has 0 heterocycles. The molecule has 3 aliphatic carbocycles. The van der Waals surface area contributed by atoms with E-state index < -0.39 is 0 Å². The number of benzene rings is 1. The van der Waals surface area contributed by atoms with Crippen LogP contribution in [0.4, 0.5) is 0 Å². The third kappa shape index (κ3) is 3.06. The first-order valence-electron chi connectivity index (χ1n) is 10.0. The van der Waals surface area contributed by atoms with E-state index in [1.165, 1.54) is 37.7 Å². The summed E-state index contributed by atoms with van der Waals surface area (Å²) in [5.74, 6) is 3.21. The van der Waals surface area contributed by atoms with Gasteiger partial charge in [0.15, 0.2) is 6.79 Å². The van der Waals surface area contributed by atoms with Crippen LogP contribution in [0.1, 0.15) is 56.1 Å². The zero-order valence-corrected chi connectivity index (χ0v) is 16.3. The fraction of sp³-hybridized carbons (Fsp3) is 0.727. The van der Waals surface area contributed by atoms with Gasteiger partial charge in [-0.2, -0.15) is 0 Å². The highest BCUT2D eigenvalue weighted by molar-refractivity contribution is 5.40. The maximum absolute atomic E-state index is 6.08. The molecular formula is C22H32O4. The largest absolute Gasteiger partial charge is 0.468 e. The molecule has 2 fully saturated rings. The third-order valence-corrected chi connectivity index (χ3v) is 7.34. The lowest BCUT2D eigenvalue weighted by Gasteiger charge is -2.50. The summed E-state index contributed by atoms with van der Waals surface area (Å²) in [6.07, 6.45) is 7.84. The Balaban J connectivity index is 1.53. The van der Waals surface area contributed by atoms with E-state index >= 15 is 0 Å². The standard InChI is InChI=1S/C22H32O4/c1-22-11-10-18-17-7-5-16(25-13-23-2)12-15(17)4-6-19(18)20(22)8-9-21(22)26-14-24-3/h5,7,12,18-21H,4,6,8-11,13-14H2,1-3H3/t18?,19?,20?,21?,22-/m0/s1. The van der Waals surface area contributed by atoms with Crippen LogP contribution in [0.2, 0.25) is 0 Å². The second kappa shape index (κ2) is 7.49.